The summed E-state index contributed by atoms with van der Waals surface area (Å²) < 4.78 is 67.9. The molecule has 0 radical (unpaired) electrons. The molecule has 0 saturated carbocycles. The summed E-state index contributed by atoms with van der Waals surface area (Å²) in [6, 6.07) is 8.87. The summed E-state index contributed by atoms with van der Waals surface area (Å²) in [6.07, 6.45) is 1.22. The summed E-state index contributed by atoms with van der Waals surface area (Å²) in [5.41, 5.74) is 0.660. The first-order valence-electron chi connectivity index (χ1n) is 7.45. The first-order chi connectivity index (χ1) is 12.9. The van der Waals surface area contributed by atoms with Crippen molar-refractivity contribution in [2.45, 2.75) is 10.1 Å². The first-order valence-corrected chi connectivity index (χ1v) is 11.3. The van der Waals surface area contributed by atoms with Crippen LogP contribution in [0.5, 0.6) is 0 Å². The van der Waals surface area contributed by atoms with Crippen molar-refractivity contribution in [1.29, 1.82) is 0 Å². The third-order valence-corrected chi connectivity index (χ3v) is 7.49. The van der Waals surface area contributed by atoms with E-state index >= 15 is 0 Å². The highest BCUT2D eigenvalue weighted by Crippen LogP contribution is 2.37. The molecular formula is C15H13NO9S3. The molecule has 2 aromatic rings. The Labute approximate surface area is 163 Å². The van der Waals surface area contributed by atoms with Crippen LogP contribution < -0.4 is 5.32 Å². The van der Waals surface area contributed by atoms with Crippen molar-refractivity contribution >= 4 is 44.0 Å². The SMILES string of the molecule is O=C(O)c1ccc(-c2ccc(/C=C3\SC(S(=O)(=O)O)NC3S(=O)(=O)O)o2)cc1. The van der Waals surface area contributed by atoms with Crippen LogP contribution in [0.1, 0.15) is 16.1 Å². The minimum absolute atomic E-state index is 0.0905. The third-order valence-electron chi connectivity index (χ3n) is 3.69. The average molecular weight is 447 g/mol. The standard InChI is InChI=1S/C15H13NO9S3/c17-14(18)9-3-1-8(2-4-9)11-6-5-10(25-11)7-12-13(27(19,20)21)16-15(26-12)28(22,23)24/h1-7,13,15-16H,(H,17,18)(H,19,20,21)(H,22,23,24)/b12-7-. The van der Waals surface area contributed by atoms with Gasteiger partial charge in [0.1, 0.15) is 11.5 Å². The minimum atomic E-state index is -4.70. The number of furan rings is 1. The van der Waals surface area contributed by atoms with E-state index in [0.717, 1.165) is 0 Å². The van der Waals surface area contributed by atoms with E-state index in [1.165, 1.54) is 36.4 Å². The highest BCUT2D eigenvalue weighted by molar-refractivity contribution is 8.15. The number of aromatic carboxylic acids is 1. The van der Waals surface area contributed by atoms with Crippen LogP contribution in [-0.4, -0.2) is 47.1 Å². The van der Waals surface area contributed by atoms with E-state index in [0.29, 0.717) is 23.1 Å². The number of nitrogens with one attached hydrogen (secondary N) is 1. The number of carboxylic acid groups (broad SMARTS) is 1. The molecule has 0 spiro atoms. The molecule has 1 aromatic carbocycles. The van der Waals surface area contributed by atoms with Gasteiger partial charge in [-0.15, -0.1) is 0 Å². The van der Waals surface area contributed by atoms with Crippen molar-refractivity contribution in [3.8, 4) is 11.3 Å². The topological polar surface area (TPSA) is 171 Å². The van der Waals surface area contributed by atoms with Gasteiger partial charge < -0.3 is 9.52 Å². The Morgan fingerprint density at radius 2 is 1.68 bits per heavy atom. The van der Waals surface area contributed by atoms with Crippen molar-refractivity contribution in [3.05, 3.63) is 52.6 Å². The molecule has 13 heteroatoms. The molecule has 10 nitrogen and oxygen atoms in total. The van der Waals surface area contributed by atoms with Crippen LogP contribution in [0.25, 0.3) is 17.4 Å². The monoisotopic (exact) mass is 447 g/mol. The molecule has 4 N–H and O–H groups in total. The molecule has 1 saturated heterocycles. The number of thioether (sulfide) groups is 1. The minimum Gasteiger partial charge on any atom is -0.478 e. The zero-order valence-corrected chi connectivity index (χ0v) is 16.2. The van der Waals surface area contributed by atoms with E-state index in [1.54, 1.807) is 6.07 Å². The van der Waals surface area contributed by atoms with Crippen LogP contribution in [0.4, 0.5) is 0 Å². The van der Waals surface area contributed by atoms with Gasteiger partial charge in [-0.25, -0.2) is 4.79 Å². The van der Waals surface area contributed by atoms with E-state index in [2.05, 4.69) is 5.32 Å². The van der Waals surface area contributed by atoms with Crippen LogP contribution >= 0.6 is 11.8 Å². The zero-order valence-electron chi connectivity index (χ0n) is 13.7. The van der Waals surface area contributed by atoms with Crippen molar-refractivity contribution < 1.29 is 40.3 Å². The van der Waals surface area contributed by atoms with E-state index < -0.39 is 36.3 Å². The Hall–Kier alpha value is -2.16. The number of hydrogen-bond donors (Lipinski definition) is 4. The van der Waals surface area contributed by atoms with Crippen molar-refractivity contribution in [2.75, 3.05) is 0 Å². The molecule has 1 aliphatic rings. The second kappa shape index (κ2) is 7.35. The fraction of sp³-hybridized carbons (Fsp3) is 0.133. The molecule has 3 rings (SSSR count). The Bertz CT molecular complexity index is 1150. The highest BCUT2D eigenvalue weighted by Gasteiger charge is 2.43. The third kappa shape index (κ3) is 4.45. The van der Waals surface area contributed by atoms with Gasteiger partial charge in [0.2, 0.25) is 0 Å². The van der Waals surface area contributed by atoms with Crippen LogP contribution in [0, 0.1) is 0 Å². The van der Waals surface area contributed by atoms with E-state index in [1.807, 2.05) is 0 Å². The first kappa shape index (κ1) is 20.6. The van der Waals surface area contributed by atoms with E-state index in [4.69, 9.17) is 14.1 Å². The Morgan fingerprint density at radius 3 is 2.21 bits per heavy atom. The normalized spacial score (nSPS) is 21.9. The summed E-state index contributed by atoms with van der Waals surface area (Å²) in [6.45, 7) is 0. The lowest BCUT2D eigenvalue weighted by Crippen LogP contribution is -2.38. The number of hydrogen-bond acceptors (Lipinski definition) is 8. The Morgan fingerprint density at radius 1 is 1.04 bits per heavy atom. The van der Waals surface area contributed by atoms with Gasteiger partial charge in [0, 0.05) is 10.5 Å². The predicted molar refractivity (Wildman–Crippen MR) is 100 cm³/mol. The van der Waals surface area contributed by atoms with E-state index in [-0.39, 0.29) is 16.2 Å². The van der Waals surface area contributed by atoms with Crippen LogP contribution in [0.15, 0.2) is 45.7 Å². The zero-order chi connectivity index (χ0) is 20.7. The van der Waals surface area contributed by atoms with Gasteiger partial charge in [-0.05, 0) is 30.3 Å². The maximum Gasteiger partial charge on any atom is 0.335 e. The predicted octanol–water partition coefficient (Wildman–Crippen LogP) is 1.71. The van der Waals surface area contributed by atoms with Crippen LogP contribution in [-0.2, 0) is 20.2 Å². The molecule has 28 heavy (non-hydrogen) atoms. The quantitative estimate of drug-likeness (QED) is 0.492. The molecule has 0 amide bonds. The summed E-state index contributed by atoms with van der Waals surface area (Å²) in [7, 11) is -9.31. The average Bonchev–Trinajstić information content (AvgIpc) is 3.22. The molecular weight excluding hydrogens is 434 g/mol. The molecule has 2 unspecified atom stereocenters. The van der Waals surface area contributed by atoms with Crippen molar-refractivity contribution in [1.82, 2.24) is 5.32 Å². The maximum absolute atomic E-state index is 11.5. The molecule has 0 aliphatic carbocycles. The second-order valence-corrected chi connectivity index (χ2v) is 10.1. The van der Waals surface area contributed by atoms with Crippen LogP contribution in [0.3, 0.4) is 0 Å². The summed E-state index contributed by atoms with van der Waals surface area (Å²) >= 11 is 0.505. The second-order valence-electron chi connectivity index (χ2n) is 5.66. The van der Waals surface area contributed by atoms with Gasteiger partial charge in [0.15, 0.2) is 10.1 Å². The Kier molecular flexibility index (Phi) is 5.40. The summed E-state index contributed by atoms with van der Waals surface area (Å²) in [5.74, 6) is -0.562. The molecule has 2 atom stereocenters. The van der Waals surface area contributed by atoms with Gasteiger partial charge in [-0.2, -0.15) is 16.8 Å². The smallest absolute Gasteiger partial charge is 0.335 e. The number of carbonyl (C=O) groups is 1. The van der Waals surface area contributed by atoms with Gasteiger partial charge in [-0.1, -0.05) is 23.9 Å². The molecule has 1 aromatic heterocycles. The van der Waals surface area contributed by atoms with Gasteiger partial charge in [0.25, 0.3) is 20.2 Å². The van der Waals surface area contributed by atoms with Gasteiger partial charge in [0.05, 0.1) is 5.56 Å². The van der Waals surface area contributed by atoms with E-state index in [9.17, 15) is 26.2 Å². The fourth-order valence-corrected chi connectivity index (χ4v) is 5.75. The summed E-state index contributed by atoms with van der Waals surface area (Å²) in [4.78, 5) is 10.8. The lowest BCUT2D eigenvalue weighted by atomic mass is 10.1. The molecule has 1 fully saturated rings. The number of carboxylic acids is 1. The lowest BCUT2D eigenvalue weighted by Gasteiger charge is -2.08. The molecule has 1 aliphatic heterocycles. The summed E-state index contributed by atoms with van der Waals surface area (Å²) in [5, 5.41) is 9.28. The van der Waals surface area contributed by atoms with Gasteiger partial charge in [-0.3, -0.25) is 14.4 Å². The molecule has 150 valence electrons. The molecule has 2 heterocycles. The van der Waals surface area contributed by atoms with Crippen molar-refractivity contribution in [2.24, 2.45) is 0 Å². The number of rotatable bonds is 5. The largest absolute Gasteiger partial charge is 0.478 e. The maximum atomic E-state index is 11.5. The van der Waals surface area contributed by atoms with Gasteiger partial charge >= 0.3 is 5.97 Å². The van der Waals surface area contributed by atoms with Crippen LogP contribution in [0.2, 0.25) is 0 Å². The molecule has 0 bridgehead atoms. The van der Waals surface area contributed by atoms with Crippen molar-refractivity contribution in [3.63, 3.8) is 0 Å². The lowest BCUT2D eigenvalue weighted by molar-refractivity contribution is 0.0697. The Balaban J connectivity index is 1.91. The fourth-order valence-electron chi connectivity index (χ4n) is 2.42. The number of benzene rings is 1. The highest BCUT2D eigenvalue weighted by atomic mass is 32.3.